The van der Waals surface area contributed by atoms with Crippen molar-refractivity contribution in [3.8, 4) is 0 Å². The van der Waals surface area contributed by atoms with Gasteiger partial charge in [0.25, 0.3) is 0 Å². The minimum atomic E-state index is -1.07. The Hall–Kier alpha value is -1.77. The third-order valence-electron chi connectivity index (χ3n) is 2.80. The largest absolute Gasteiger partial charge is 0.298 e. The summed E-state index contributed by atoms with van der Waals surface area (Å²) >= 11 is 0. The summed E-state index contributed by atoms with van der Waals surface area (Å²) in [6.45, 7) is 1.86. The van der Waals surface area contributed by atoms with E-state index < -0.39 is 5.92 Å². The van der Waals surface area contributed by atoms with Gasteiger partial charge in [0.1, 0.15) is 5.92 Å². The molecule has 82 valence electrons. The average molecular weight is 216 g/mol. The first-order valence-electron chi connectivity index (χ1n) is 5.37. The molecular formula is C13H12O3. The van der Waals surface area contributed by atoms with Crippen molar-refractivity contribution in [1.29, 1.82) is 0 Å². The van der Waals surface area contributed by atoms with Gasteiger partial charge in [0.2, 0.25) is 0 Å². The molecule has 0 spiro atoms. The molecule has 0 bridgehead atoms. The number of ketones is 3. The molecule has 0 aromatic heterocycles. The molecule has 0 radical (unpaired) electrons. The lowest BCUT2D eigenvalue weighted by molar-refractivity contribution is -0.120. The Kier molecular flexibility index (Phi) is 2.69. The lowest BCUT2D eigenvalue weighted by Gasteiger charge is -2.03. The molecule has 0 atom stereocenters. The molecule has 1 aliphatic carbocycles. The molecule has 1 aromatic carbocycles. The maximum Gasteiger partial charge on any atom is 0.181 e. The van der Waals surface area contributed by atoms with E-state index in [9.17, 15) is 14.4 Å². The van der Waals surface area contributed by atoms with Crippen LogP contribution in [0.2, 0.25) is 0 Å². The fraction of sp³-hybridized carbons (Fsp3) is 0.308. The van der Waals surface area contributed by atoms with Gasteiger partial charge in [-0.2, -0.15) is 0 Å². The van der Waals surface area contributed by atoms with Crippen molar-refractivity contribution in [1.82, 2.24) is 0 Å². The lowest BCUT2D eigenvalue weighted by Crippen LogP contribution is -2.25. The van der Waals surface area contributed by atoms with Crippen LogP contribution in [0.4, 0.5) is 0 Å². The summed E-state index contributed by atoms with van der Waals surface area (Å²) in [6.07, 6.45) is 0.947. The van der Waals surface area contributed by atoms with E-state index in [-0.39, 0.29) is 23.8 Å². The SMILES string of the molecule is CCCC(=O)C1C(=O)c2ccccc2C1=O. The molecule has 16 heavy (non-hydrogen) atoms. The quantitative estimate of drug-likeness (QED) is 0.726. The molecule has 3 heteroatoms. The predicted molar refractivity (Wildman–Crippen MR) is 58.5 cm³/mol. The van der Waals surface area contributed by atoms with Crippen molar-refractivity contribution >= 4 is 17.3 Å². The Balaban J connectivity index is 2.39. The summed E-state index contributed by atoms with van der Waals surface area (Å²) in [5.41, 5.74) is 0.781. The smallest absolute Gasteiger partial charge is 0.181 e. The van der Waals surface area contributed by atoms with Crippen LogP contribution < -0.4 is 0 Å². The number of hydrogen-bond acceptors (Lipinski definition) is 3. The molecular weight excluding hydrogens is 204 g/mol. The normalized spacial score (nSPS) is 15.3. The first kappa shape index (κ1) is 10.7. The Morgan fingerprint density at radius 3 is 2.06 bits per heavy atom. The summed E-state index contributed by atoms with van der Waals surface area (Å²) in [5.74, 6) is -2.00. The zero-order valence-corrected chi connectivity index (χ0v) is 9.03. The summed E-state index contributed by atoms with van der Waals surface area (Å²) in [7, 11) is 0. The van der Waals surface area contributed by atoms with E-state index in [1.807, 2.05) is 6.92 Å². The van der Waals surface area contributed by atoms with Crippen LogP contribution in [0.3, 0.4) is 0 Å². The van der Waals surface area contributed by atoms with Crippen LogP contribution in [0.25, 0.3) is 0 Å². The number of benzene rings is 1. The van der Waals surface area contributed by atoms with Crippen molar-refractivity contribution in [3.63, 3.8) is 0 Å². The van der Waals surface area contributed by atoms with Crippen molar-refractivity contribution < 1.29 is 14.4 Å². The van der Waals surface area contributed by atoms with Crippen molar-refractivity contribution in [2.45, 2.75) is 19.8 Å². The lowest BCUT2D eigenvalue weighted by atomic mass is 9.96. The fourth-order valence-corrected chi connectivity index (χ4v) is 2.03. The van der Waals surface area contributed by atoms with Gasteiger partial charge in [0, 0.05) is 17.5 Å². The van der Waals surface area contributed by atoms with E-state index in [2.05, 4.69) is 0 Å². The third-order valence-corrected chi connectivity index (χ3v) is 2.80. The highest BCUT2D eigenvalue weighted by molar-refractivity contribution is 6.35. The van der Waals surface area contributed by atoms with Gasteiger partial charge in [-0.05, 0) is 6.42 Å². The summed E-state index contributed by atoms with van der Waals surface area (Å²) in [4.78, 5) is 35.5. The Labute approximate surface area is 93.5 Å². The summed E-state index contributed by atoms with van der Waals surface area (Å²) < 4.78 is 0. The molecule has 2 rings (SSSR count). The van der Waals surface area contributed by atoms with Crippen LogP contribution in [0.5, 0.6) is 0 Å². The van der Waals surface area contributed by atoms with E-state index in [4.69, 9.17) is 0 Å². The van der Waals surface area contributed by atoms with E-state index >= 15 is 0 Å². The van der Waals surface area contributed by atoms with E-state index in [1.54, 1.807) is 24.3 Å². The highest BCUT2D eigenvalue weighted by Crippen LogP contribution is 2.28. The van der Waals surface area contributed by atoms with Gasteiger partial charge in [0.15, 0.2) is 17.3 Å². The molecule has 0 saturated carbocycles. The summed E-state index contributed by atoms with van der Waals surface area (Å²) in [5, 5.41) is 0. The minimum Gasteiger partial charge on any atom is -0.298 e. The minimum absolute atomic E-state index is 0.256. The standard InChI is InChI=1S/C13H12O3/c1-2-5-10(14)11-12(15)8-6-3-4-7-9(8)13(11)16/h3-4,6-7,11H,2,5H2,1H3. The zero-order valence-electron chi connectivity index (χ0n) is 9.03. The molecule has 0 N–H and O–H groups in total. The second kappa shape index (κ2) is 4.00. The second-order valence-electron chi connectivity index (χ2n) is 3.92. The Bertz CT molecular complexity index is 439. The van der Waals surface area contributed by atoms with Crippen LogP contribution >= 0.6 is 0 Å². The van der Waals surface area contributed by atoms with Crippen LogP contribution in [0, 0.1) is 5.92 Å². The molecule has 0 heterocycles. The van der Waals surface area contributed by atoms with Gasteiger partial charge >= 0.3 is 0 Å². The third kappa shape index (κ3) is 1.48. The van der Waals surface area contributed by atoms with Crippen LogP contribution in [0.15, 0.2) is 24.3 Å². The average Bonchev–Trinajstić information content (AvgIpc) is 2.53. The van der Waals surface area contributed by atoms with E-state index in [0.717, 1.165) is 0 Å². The number of rotatable bonds is 3. The second-order valence-corrected chi connectivity index (χ2v) is 3.92. The van der Waals surface area contributed by atoms with Gasteiger partial charge in [-0.15, -0.1) is 0 Å². The first-order chi connectivity index (χ1) is 7.66. The van der Waals surface area contributed by atoms with Crippen LogP contribution in [0.1, 0.15) is 40.5 Å². The van der Waals surface area contributed by atoms with Gasteiger partial charge in [-0.1, -0.05) is 31.2 Å². The monoisotopic (exact) mass is 216 g/mol. The number of Topliss-reactive ketones (excluding diaryl/α,β-unsaturated/α-hetero) is 3. The van der Waals surface area contributed by atoms with Crippen molar-refractivity contribution in [2.75, 3.05) is 0 Å². The molecule has 3 nitrogen and oxygen atoms in total. The molecule has 0 amide bonds. The molecule has 0 saturated heterocycles. The highest BCUT2D eigenvalue weighted by atomic mass is 16.2. The van der Waals surface area contributed by atoms with Crippen molar-refractivity contribution in [2.24, 2.45) is 5.92 Å². The Morgan fingerprint density at radius 1 is 1.12 bits per heavy atom. The van der Waals surface area contributed by atoms with E-state index in [1.165, 1.54) is 0 Å². The van der Waals surface area contributed by atoms with Crippen molar-refractivity contribution in [3.05, 3.63) is 35.4 Å². The number of hydrogen-bond donors (Lipinski definition) is 0. The van der Waals surface area contributed by atoms with Gasteiger partial charge in [0.05, 0.1) is 0 Å². The maximum absolute atomic E-state index is 11.9. The van der Waals surface area contributed by atoms with Crippen LogP contribution in [-0.2, 0) is 4.79 Å². The van der Waals surface area contributed by atoms with Gasteiger partial charge in [-0.3, -0.25) is 14.4 Å². The molecule has 1 aliphatic rings. The number of fused-ring (bicyclic) bond motifs is 1. The summed E-state index contributed by atoms with van der Waals surface area (Å²) in [6, 6.07) is 6.62. The predicted octanol–water partition coefficient (Wildman–Crippen LogP) is 2.05. The van der Waals surface area contributed by atoms with Crippen LogP contribution in [-0.4, -0.2) is 17.3 Å². The topological polar surface area (TPSA) is 51.2 Å². The Morgan fingerprint density at radius 2 is 1.62 bits per heavy atom. The van der Waals surface area contributed by atoms with E-state index in [0.29, 0.717) is 17.5 Å². The number of carbonyl (C=O) groups is 3. The molecule has 0 unspecified atom stereocenters. The maximum atomic E-state index is 11.9. The fourth-order valence-electron chi connectivity index (χ4n) is 2.03. The van der Waals surface area contributed by atoms with Gasteiger partial charge < -0.3 is 0 Å². The molecule has 1 aromatic rings. The highest BCUT2D eigenvalue weighted by Gasteiger charge is 2.42. The zero-order chi connectivity index (χ0) is 11.7. The molecule has 0 aliphatic heterocycles. The number of carbonyl (C=O) groups excluding carboxylic acids is 3. The molecule has 0 fully saturated rings. The van der Waals surface area contributed by atoms with Gasteiger partial charge in [-0.25, -0.2) is 0 Å². The first-order valence-corrected chi connectivity index (χ1v) is 5.37.